The smallest absolute Gasteiger partial charge is 0.303 e. The molecule has 3 aliphatic rings. The van der Waals surface area contributed by atoms with Crippen molar-refractivity contribution in [3.05, 3.63) is 101 Å². The fourth-order valence-electron chi connectivity index (χ4n) is 8.78. The zero-order chi connectivity index (χ0) is 55.0. The van der Waals surface area contributed by atoms with Crippen molar-refractivity contribution in [2.24, 2.45) is 0 Å². The van der Waals surface area contributed by atoms with Gasteiger partial charge in [-0.05, 0) is 110 Å². The first kappa shape index (κ1) is 61.8. The lowest BCUT2D eigenvalue weighted by molar-refractivity contribution is -0.137. The minimum Gasteiger partial charge on any atom is -0.497 e. The molecular formula is C54H75N2O18S2+. The molecule has 2 aromatic rings. The molecule has 2 aliphatic heterocycles. The Balaban J connectivity index is 1.53. The Morgan fingerprint density at radius 3 is 1.82 bits per heavy atom. The molecule has 5 rings (SSSR count). The van der Waals surface area contributed by atoms with Crippen molar-refractivity contribution in [2.45, 2.75) is 49.8 Å². The van der Waals surface area contributed by atoms with Crippen LogP contribution in [0.25, 0.3) is 28.5 Å². The number of aryl methyl sites for hydroxylation is 1. The van der Waals surface area contributed by atoms with E-state index in [1.54, 1.807) is 39.6 Å². The van der Waals surface area contributed by atoms with E-state index in [0.29, 0.717) is 140 Å². The van der Waals surface area contributed by atoms with Crippen LogP contribution in [0.5, 0.6) is 5.75 Å². The number of hydrogen-bond donors (Lipinski definition) is 3. The van der Waals surface area contributed by atoms with Gasteiger partial charge in [-0.2, -0.15) is 16.8 Å². The summed E-state index contributed by atoms with van der Waals surface area (Å²) in [5.41, 5.74) is 4.25. The molecule has 0 radical (unpaired) electrons. The second-order valence-electron chi connectivity index (χ2n) is 18.0. The van der Waals surface area contributed by atoms with Gasteiger partial charge in [0.25, 0.3) is 20.2 Å². The summed E-state index contributed by atoms with van der Waals surface area (Å²) in [6, 6.07) is 18.0. The molecule has 420 valence electrons. The molecule has 0 saturated heterocycles. The third-order valence-electron chi connectivity index (χ3n) is 12.6. The fourth-order valence-corrected chi connectivity index (χ4v) is 9.78. The molecule has 1 unspecified atom stereocenters. The fraction of sp³-hybridized carbons (Fsp3) is 0.519. The maximum Gasteiger partial charge on any atom is 0.303 e. The summed E-state index contributed by atoms with van der Waals surface area (Å²) in [5.74, 6) is 0.196. The monoisotopic (exact) mass is 1100 g/mol. The molecular weight excluding hydrogens is 1030 g/mol. The number of benzene rings is 3. The van der Waals surface area contributed by atoms with Crippen molar-refractivity contribution in [1.82, 2.24) is 4.58 Å². The lowest BCUT2D eigenvalue weighted by atomic mass is 9.77. The number of hydrogen-bond acceptors (Lipinski definition) is 16. The van der Waals surface area contributed by atoms with Gasteiger partial charge in [-0.3, -0.25) is 13.9 Å². The number of methoxy groups -OCH3 is 3. The van der Waals surface area contributed by atoms with Gasteiger partial charge in [0.2, 0.25) is 5.36 Å². The van der Waals surface area contributed by atoms with Crippen molar-refractivity contribution < 1.29 is 82.9 Å². The van der Waals surface area contributed by atoms with Gasteiger partial charge in [0, 0.05) is 55.6 Å². The number of carboxylic acids is 1. The molecule has 0 saturated carbocycles. The van der Waals surface area contributed by atoms with Crippen LogP contribution in [0.2, 0.25) is 0 Å². The summed E-state index contributed by atoms with van der Waals surface area (Å²) in [6.07, 6.45) is 5.67. The molecule has 76 heavy (non-hydrogen) atoms. The van der Waals surface area contributed by atoms with Crippen molar-refractivity contribution >= 4 is 38.0 Å². The average Bonchev–Trinajstić information content (AvgIpc) is 3.67. The summed E-state index contributed by atoms with van der Waals surface area (Å²) < 4.78 is 127. The number of allylic oxidation sites excluding steroid dienone is 3. The van der Waals surface area contributed by atoms with Gasteiger partial charge in [0.15, 0.2) is 13.1 Å². The van der Waals surface area contributed by atoms with Crippen molar-refractivity contribution in [3.63, 3.8) is 0 Å². The van der Waals surface area contributed by atoms with Crippen LogP contribution in [-0.4, -0.2) is 176 Å². The Labute approximate surface area is 446 Å². The zero-order valence-electron chi connectivity index (χ0n) is 44.2. The molecule has 22 heteroatoms. The second kappa shape index (κ2) is 31.4. The topological polar surface area (TPSA) is 248 Å². The Bertz CT molecular complexity index is 2770. The van der Waals surface area contributed by atoms with Crippen LogP contribution in [0, 0.1) is 6.92 Å². The van der Waals surface area contributed by atoms with Gasteiger partial charge in [-0.25, -0.2) is 4.58 Å². The van der Waals surface area contributed by atoms with E-state index in [1.165, 1.54) is 18.2 Å². The number of anilines is 1. The summed E-state index contributed by atoms with van der Waals surface area (Å²) in [5, 5.41) is 10.4. The van der Waals surface area contributed by atoms with Gasteiger partial charge in [0.1, 0.15) is 30.5 Å². The lowest BCUT2D eigenvalue weighted by Crippen LogP contribution is -2.36. The molecule has 0 aromatic heterocycles. The SMILES string of the molecule is COCCOCCOCCOCC[N+](CCOCCOCCOCCOC)=c1ccc2c(-c3ccc(OC)cc3C)cc(/C=C/C=C3/N(CCCS(=O)(=O)O)c4ccc(S(=O)(=O)O)cc4C3(C)CCCC(=O)O)oc-2c1. The van der Waals surface area contributed by atoms with E-state index in [2.05, 4.69) is 4.58 Å². The van der Waals surface area contributed by atoms with E-state index in [0.717, 1.165) is 27.6 Å². The molecule has 1 atom stereocenters. The summed E-state index contributed by atoms with van der Waals surface area (Å²) in [6.45, 7) is 11.2. The van der Waals surface area contributed by atoms with Gasteiger partial charge >= 0.3 is 5.97 Å². The molecule has 0 fully saturated rings. The van der Waals surface area contributed by atoms with Crippen molar-refractivity contribution in [1.29, 1.82) is 0 Å². The average molecular weight is 1100 g/mol. The van der Waals surface area contributed by atoms with Crippen molar-refractivity contribution in [3.8, 4) is 28.2 Å². The third-order valence-corrected chi connectivity index (χ3v) is 14.2. The van der Waals surface area contributed by atoms with E-state index in [9.17, 15) is 35.8 Å². The second-order valence-corrected chi connectivity index (χ2v) is 21.0. The Morgan fingerprint density at radius 1 is 0.697 bits per heavy atom. The third kappa shape index (κ3) is 19.4. The number of aliphatic carboxylic acids is 1. The number of carboxylic acid groups (broad SMARTS) is 1. The Hall–Kier alpha value is -5.08. The van der Waals surface area contributed by atoms with Crippen LogP contribution in [0.15, 0.2) is 87.8 Å². The first-order valence-electron chi connectivity index (χ1n) is 25.2. The Kier molecular flexibility index (Phi) is 25.5. The quantitative estimate of drug-likeness (QED) is 0.0267. The Morgan fingerprint density at radius 2 is 1.28 bits per heavy atom. The van der Waals surface area contributed by atoms with Crippen LogP contribution in [-0.2, 0) is 68.3 Å². The van der Waals surface area contributed by atoms with E-state index < -0.39 is 37.4 Å². The predicted molar refractivity (Wildman–Crippen MR) is 286 cm³/mol. The van der Waals surface area contributed by atoms with E-state index >= 15 is 0 Å². The molecule has 2 aromatic carbocycles. The van der Waals surface area contributed by atoms with Crippen molar-refractivity contribution in [2.75, 3.05) is 144 Å². The van der Waals surface area contributed by atoms with Crippen LogP contribution in [0.3, 0.4) is 0 Å². The highest BCUT2D eigenvalue weighted by atomic mass is 32.2. The first-order valence-corrected chi connectivity index (χ1v) is 28.2. The molecule has 0 amide bonds. The van der Waals surface area contributed by atoms with E-state index in [1.807, 2.05) is 61.2 Å². The molecule has 20 nitrogen and oxygen atoms in total. The summed E-state index contributed by atoms with van der Waals surface area (Å²) in [7, 11) is -4.10. The van der Waals surface area contributed by atoms with E-state index in [4.69, 9.17) is 47.0 Å². The van der Waals surface area contributed by atoms with Crippen LogP contribution < -0.4 is 19.6 Å². The lowest BCUT2D eigenvalue weighted by Gasteiger charge is -2.30. The van der Waals surface area contributed by atoms with Gasteiger partial charge < -0.3 is 57.1 Å². The first-order chi connectivity index (χ1) is 36.5. The van der Waals surface area contributed by atoms with Gasteiger partial charge in [-0.15, -0.1) is 0 Å². The maximum absolute atomic E-state index is 12.4. The predicted octanol–water partition coefficient (Wildman–Crippen LogP) is 5.99. The number of carbonyl (C=O) groups is 1. The van der Waals surface area contributed by atoms with Crippen LogP contribution in [0.1, 0.15) is 49.5 Å². The standard InChI is InChI=1S/C54H74N2O18S2/c1-41-37-43(67-5)13-16-46(41)48-39-44(9-6-10-52-54(2,18-7-11-53(57)58)49-40-45(76(62,63)64)14-17-50(49)56(52)19-8-36-75(59,60)61)74-51-38-42(12-15-47(48)51)55(20-22-68-28-30-72-34-32-70-26-24-65-3)21-23-69-29-31-73-35-33-71-27-25-66-4/h6,9-10,12-17,37-40H,7-8,11,18-36H2,1-5H3,(H2-,57,58,59,60,61,62,63,64)/p+1. The summed E-state index contributed by atoms with van der Waals surface area (Å²) in [4.78, 5) is 13.2. The number of fused-ring (bicyclic) bond motifs is 2. The van der Waals surface area contributed by atoms with Gasteiger partial charge in [0.05, 0.1) is 103 Å². The molecule has 1 aliphatic carbocycles. The highest BCUT2D eigenvalue weighted by Gasteiger charge is 2.43. The number of rotatable bonds is 37. The highest BCUT2D eigenvalue weighted by Crippen LogP contribution is 2.51. The highest BCUT2D eigenvalue weighted by molar-refractivity contribution is 7.86. The zero-order valence-corrected chi connectivity index (χ0v) is 45.9. The molecule has 0 spiro atoms. The summed E-state index contributed by atoms with van der Waals surface area (Å²) >= 11 is 0. The minimum absolute atomic E-state index is 0.00726. The number of nitrogens with zero attached hydrogens (tertiary/aromatic N) is 2. The van der Waals surface area contributed by atoms with E-state index in [-0.39, 0.29) is 37.1 Å². The van der Waals surface area contributed by atoms with Crippen LogP contribution in [0.4, 0.5) is 5.69 Å². The largest absolute Gasteiger partial charge is 0.497 e. The molecule has 3 N–H and O–H groups in total. The normalized spacial score (nSPS) is 15.4. The maximum atomic E-state index is 12.4. The molecule has 0 bridgehead atoms. The number of ether oxygens (including phenoxy) is 9. The van der Waals surface area contributed by atoms with Crippen LogP contribution >= 0.6 is 0 Å². The minimum atomic E-state index is -4.64. The molecule has 2 heterocycles. The van der Waals surface area contributed by atoms with Gasteiger partial charge in [-0.1, -0.05) is 12.1 Å².